The van der Waals surface area contributed by atoms with E-state index in [1.165, 1.54) is 6.92 Å². The van der Waals surface area contributed by atoms with Gasteiger partial charge in [0.05, 0.1) is 0 Å². The van der Waals surface area contributed by atoms with Gasteiger partial charge in [0.15, 0.2) is 5.78 Å². The van der Waals surface area contributed by atoms with E-state index in [2.05, 4.69) is 0 Å². The summed E-state index contributed by atoms with van der Waals surface area (Å²) in [6.07, 6.45) is 2.19. The Morgan fingerprint density at radius 1 is 1.36 bits per heavy atom. The number of Topliss-reactive ketones (excluding diaryl/α,β-unsaturated/α-hetero) is 1. The van der Waals surface area contributed by atoms with Crippen molar-refractivity contribution in [3.05, 3.63) is 0 Å². The van der Waals surface area contributed by atoms with Crippen LogP contribution in [0.2, 0.25) is 0 Å². The van der Waals surface area contributed by atoms with E-state index in [1.54, 1.807) is 0 Å². The predicted octanol–water partition coefficient (Wildman–Crippen LogP) is -0.682. The first-order chi connectivity index (χ1) is 5.00. The highest BCUT2D eigenvalue weighted by molar-refractivity contribution is 5.84. The molecule has 0 aromatic heterocycles. The number of hydrogen-bond acceptors (Lipinski definition) is 4. The van der Waals surface area contributed by atoms with Crippen molar-refractivity contribution in [2.45, 2.75) is 31.8 Å². The third kappa shape index (κ3) is 4.08. The van der Waals surface area contributed by atoms with Crippen molar-refractivity contribution in [3.63, 3.8) is 0 Å². The fraction of sp³-hybridized carbons (Fsp3) is 0.857. The lowest BCUT2D eigenvalue weighted by atomic mass is 10.0. The van der Waals surface area contributed by atoms with Crippen molar-refractivity contribution in [1.29, 1.82) is 0 Å². The van der Waals surface area contributed by atoms with Crippen molar-refractivity contribution in [2.24, 2.45) is 17.2 Å². The van der Waals surface area contributed by atoms with Crippen LogP contribution in [0.5, 0.6) is 0 Å². The Labute approximate surface area is 67.1 Å². The van der Waals surface area contributed by atoms with Crippen LogP contribution in [0, 0.1) is 0 Å². The smallest absolute Gasteiger partial charge is 0.163 e. The molecule has 0 aliphatic carbocycles. The van der Waals surface area contributed by atoms with Gasteiger partial charge >= 0.3 is 0 Å². The third-order valence-corrected chi connectivity index (χ3v) is 1.70. The van der Waals surface area contributed by atoms with Crippen molar-refractivity contribution in [3.8, 4) is 0 Å². The quantitative estimate of drug-likeness (QED) is 0.366. The van der Waals surface area contributed by atoms with Gasteiger partial charge < -0.3 is 17.2 Å². The average molecular weight is 159 g/mol. The summed E-state index contributed by atoms with van der Waals surface area (Å²) in [6, 6.07) is 0. The molecule has 0 aromatic rings. The Morgan fingerprint density at radius 2 is 1.91 bits per heavy atom. The predicted molar refractivity (Wildman–Crippen MR) is 44.7 cm³/mol. The van der Waals surface area contributed by atoms with Crippen LogP contribution >= 0.6 is 0 Å². The SMILES string of the molecule is CC(=O)C(N)(N)CCCCN. The summed E-state index contributed by atoms with van der Waals surface area (Å²) >= 11 is 0. The molecular formula is C7H17N3O. The Bertz CT molecular complexity index is 134. The van der Waals surface area contributed by atoms with Crippen molar-refractivity contribution < 1.29 is 4.79 Å². The fourth-order valence-corrected chi connectivity index (χ4v) is 0.738. The Morgan fingerprint density at radius 3 is 2.27 bits per heavy atom. The summed E-state index contributed by atoms with van der Waals surface area (Å²) in [6.45, 7) is 2.02. The molecule has 0 bridgehead atoms. The molecule has 0 saturated carbocycles. The summed E-state index contributed by atoms with van der Waals surface area (Å²) < 4.78 is 0. The first kappa shape index (κ1) is 10.6. The van der Waals surface area contributed by atoms with Crippen LogP contribution in [0.25, 0.3) is 0 Å². The zero-order valence-corrected chi connectivity index (χ0v) is 6.97. The molecule has 0 atom stereocenters. The maximum absolute atomic E-state index is 10.8. The molecule has 11 heavy (non-hydrogen) atoms. The molecule has 0 amide bonds. The number of nitrogens with two attached hydrogens (primary N) is 3. The lowest BCUT2D eigenvalue weighted by molar-refractivity contribution is -0.122. The number of hydrogen-bond donors (Lipinski definition) is 3. The molecule has 6 N–H and O–H groups in total. The monoisotopic (exact) mass is 159 g/mol. The lowest BCUT2D eigenvalue weighted by Gasteiger charge is -2.20. The van der Waals surface area contributed by atoms with Crippen LogP contribution in [0.1, 0.15) is 26.2 Å². The minimum atomic E-state index is -1.14. The second-order valence-corrected chi connectivity index (χ2v) is 2.84. The van der Waals surface area contributed by atoms with Gasteiger partial charge in [0, 0.05) is 0 Å². The summed E-state index contributed by atoms with van der Waals surface area (Å²) in [5.74, 6) is -0.172. The zero-order valence-electron chi connectivity index (χ0n) is 6.97. The van der Waals surface area contributed by atoms with E-state index in [0.29, 0.717) is 13.0 Å². The van der Waals surface area contributed by atoms with E-state index in [1.807, 2.05) is 0 Å². The third-order valence-electron chi connectivity index (χ3n) is 1.70. The molecule has 0 heterocycles. The molecule has 0 rings (SSSR count). The number of ketones is 1. The maximum Gasteiger partial charge on any atom is 0.163 e. The van der Waals surface area contributed by atoms with Crippen molar-refractivity contribution in [2.75, 3.05) is 6.54 Å². The van der Waals surface area contributed by atoms with Crippen LogP contribution in [-0.4, -0.2) is 18.0 Å². The minimum Gasteiger partial charge on any atom is -0.330 e. The maximum atomic E-state index is 10.8. The van der Waals surface area contributed by atoms with Gasteiger partial charge in [0.25, 0.3) is 0 Å². The zero-order chi connectivity index (χ0) is 8.91. The van der Waals surface area contributed by atoms with Crippen LogP contribution in [0.4, 0.5) is 0 Å². The van der Waals surface area contributed by atoms with Gasteiger partial charge in [-0.25, -0.2) is 0 Å². The molecule has 0 aliphatic heterocycles. The van der Waals surface area contributed by atoms with Gasteiger partial charge in [-0.3, -0.25) is 4.79 Å². The van der Waals surface area contributed by atoms with Crippen molar-refractivity contribution >= 4 is 5.78 Å². The van der Waals surface area contributed by atoms with Gasteiger partial charge in [0.2, 0.25) is 0 Å². The molecule has 0 radical (unpaired) electrons. The Hall–Kier alpha value is -0.450. The standard InChI is InChI=1S/C7H17N3O/c1-6(11)7(9,10)4-2-3-5-8/h2-5,8-10H2,1H3. The minimum absolute atomic E-state index is 0.172. The largest absolute Gasteiger partial charge is 0.330 e. The lowest BCUT2D eigenvalue weighted by Crippen LogP contribution is -2.55. The van der Waals surface area contributed by atoms with Crippen LogP contribution < -0.4 is 17.2 Å². The highest BCUT2D eigenvalue weighted by Crippen LogP contribution is 2.05. The van der Waals surface area contributed by atoms with Gasteiger partial charge in [-0.2, -0.15) is 0 Å². The molecule has 4 nitrogen and oxygen atoms in total. The highest BCUT2D eigenvalue weighted by atomic mass is 16.1. The second kappa shape index (κ2) is 4.43. The molecule has 0 aromatic carbocycles. The molecule has 0 saturated heterocycles. The molecule has 0 spiro atoms. The van der Waals surface area contributed by atoms with Crippen LogP contribution in [0.15, 0.2) is 0 Å². The van der Waals surface area contributed by atoms with Crippen LogP contribution in [0.3, 0.4) is 0 Å². The second-order valence-electron chi connectivity index (χ2n) is 2.84. The average Bonchev–Trinajstić information content (AvgIpc) is 1.88. The normalized spacial score (nSPS) is 11.6. The summed E-state index contributed by atoms with van der Waals surface area (Å²) in [4.78, 5) is 10.8. The van der Waals surface area contributed by atoms with E-state index in [0.717, 1.165) is 12.8 Å². The molecule has 4 heteroatoms. The van der Waals surface area contributed by atoms with E-state index in [9.17, 15) is 4.79 Å². The van der Waals surface area contributed by atoms with Crippen molar-refractivity contribution in [1.82, 2.24) is 0 Å². The molecular weight excluding hydrogens is 142 g/mol. The van der Waals surface area contributed by atoms with E-state index in [4.69, 9.17) is 17.2 Å². The molecule has 0 unspecified atom stereocenters. The first-order valence-electron chi connectivity index (χ1n) is 3.79. The number of rotatable bonds is 5. The molecule has 0 fully saturated rings. The Kier molecular flexibility index (Phi) is 4.25. The van der Waals surface area contributed by atoms with E-state index < -0.39 is 5.66 Å². The van der Waals surface area contributed by atoms with E-state index in [-0.39, 0.29) is 5.78 Å². The van der Waals surface area contributed by atoms with Gasteiger partial charge in [-0.15, -0.1) is 0 Å². The van der Waals surface area contributed by atoms with Gasteiger partial charge in [-0.1, -0.05) is 0 Å². The number of carbonyl (C=O) groups excluding carboxylic acids is 1. The van der Waals surface area contributed by atoms with E-state index >= 15 is 0 Å². The topological polar surface area (TPSA) is 95.1 Å². The molecule has 0 aliphatic rings. The molecule has 66 valence electrons. The number of unbranched alkanes of at least 4 members (excludes halogenated alkanes) is 1. The van der Waals surface area contributed by atoms with Gasteiger partial charge in [0.1, 0.15) is 5.66 Å². The fourth-order valence-electron chi connectivity index (χ4n) is 0.738. The first-order valence-corrected chi connectivity index (χ1v) is 3.79. The Balaban J connectivity index is 3.64. The summed E-state index contributed by atoms with van der Waals surface area (Å²) in [5, 5.41) is 0. The highest BCUT2D eigenvalue weighted by Gasteiger charge is 2.23. The van der Waals surface area contributed by atoms with Crippen LogP contribution in [-0.2, 0) is 4.79 Å². The number of carbonyl (C=O) groups is 1. The van der Waals surface area contributed by atoms with Gasteiger partial charge in [-0.05, 0) is 32.7 Å². The summed E-state index contributed by atoms with van der Waals surface area (Å²) in [5.41, 5.74) is 15.1. The summed E-state index contributed by atoms with van der Waals surface area (Å²) in [7, 11) is 0.